The number of nitrogens with zero attached hydrogens (tertiary/aromatic N) is 3. The Morgan fingerprint density at radius 3 is 2.46 bits per heavy atom. The molecule has 0 radical (unpaired) electrons. The normalized spacial score (nSPS) is 22.8. The quantitative estimate of drug-likeness (QED) is 0.287. The number of carbonyl (C=O) groups excluding carboxylic acids is 3. The number of ether oxygens (including phenoxy) is 1. The van der Waals surface area contributed by atoms with Crippen molar-refractivity contribution in [2.75, 3.05) is 17.3 Å². The summed E-state index contributed by atoms with van der Waals surface area (Å²) in [5.41, 5.74) is 2.11. The lowest BCUT2D eigenvalue weighted by Gasteiger charge is -2.35. The van der Waals surface area contributed by atoms with Crippen molar-refractivity contribution >= 4 is 52.5 Å². The van der Waals surface area contributed by atoms with E-state index in [2.05, 4.69) is 5.32 Å². The molecule has 10 nitrogen and oxygen atoms in total. The number of imide groups is 1. The lowest BCUT2D eigenvalue weighted by molar-refractivity contribution is -0.384. The van der Waals surface area contributed by atoms with Gasteiger partial charge in [-0.05, 0) is 47.5 Å². The van der Waals surface area contributed by atoms with Gasteiger partial charge in [0.1, 0.15) is 11.8 Å². The third-order valence-electron chi connectivity index (χ3n) is 7.47. The molecule has 4 atom stereocenters. The number of carbonyl (C=O) groups is 3. The van der Waals surface area contributed by atoms with Crippen LogP contribution in [0.2, 0.25) is 5.02 Å². The van der Waals surface area contributed by atoms with Gasteiger partial charge >= 0.3 is 0 Å². The number of rotatable bonds is 5. The van der Waals surface area contributed by atoms with Gasteiger partial charge in [-0.25, -0.2) is 4.90 Å². The largest absolute Gasteiger partial charge is 0.495 e. The standard InChI is InChI=1S/C28H21ClN4O6/c1-39-21-11-6-16(29)14-20(21)30-26(34)25-23-22(24-19-5-3-2-4-15(19)12-13-31(24)25)27(35)32(28(23)36)17-7-9-18(10-8-17)33(37)38/h2-14,22-25H,1H3,(H,30,34)/t22-,23-,24+,25+/m1/s1. The van der Waals surface area contributed by atoms with E-state index in [9.17, 15) is 24.5 Å². The minimum atomic E-state index is -1.02. The van der Waals surface area contributed by atoms with Crippen LogP contribution in [0.1, 0.15) is 17.2 Å². The molecular weight excluding hydrogens is 524 g/mol. The Morgan fingerprint density at radius 1 is 1.03 bits per heavy atom. The fourth-order valence-electron chi connectivity index (χ4n) is 5.82. The minimum absolute atomic E-state index is 0.164. The molecule has 3 amide bonds. The Hall–Kier alpha value is -4.70. The van der Waals surface area contributed by atoms with Crippen molar-refractivity contribution in [3.63, 3.8) is 0 Å². The Labute approximate surface area is 227 Å². The van der Waals surface area contributed by atoms with Crippen LogP contribution in [0.15, 0.2) is 72.9 Å². The van der Waals surface area contributed by atoms with E-state index in [0.29, 0.717) is 16.5 Å². The zero-order chi connectivity index (χ0) is 27.4. The topological polar surface area (TPSA) is 122 Å². The Bertz CT molecular complexity index is 1570. The van der Waals surface area contributed by atoms with Crippen LogP contribution in [0.25, 0.3) is 6.08 Å². The van der Waals surface area contributed by atoms with Crippen molar-refractivity contribution < 1.29 is 24.0 Å². The Morgan fingerprint density at radius 2 is 1.74 bits per heavy atom. The molecule has 6 rings (SSSR count). The van der Waals surface area contributed by atoms with Crippen molar-refractivity contribution in [1.82, 2.24) is 4.90 Å². The fourth-order valence-corrected chi connectivity index (χ4v) is 5.99. The Kier molecular flexibility index (Phi) is 5.84. The second kappa shape index (κ2) is 9.25. The first-order valence-corrected chi connectivity index (χ1v) is 12.5. The van der Waals surface area contributed by atoms with Gasteiger partial charge in [-0.15, -0.1) is 0 Å². The summed E-state index contributed by atoms with van der Waals surface area (Å²) in [6, 6.07) is 16.0. The molecular formula is C28H21ClN4O6. The molecule has 0 aliphatic carbocycles. The first-order chi connectivity index (χ1) is 18.8. The van der Waals surface area contributed by atoms with E-state index >= 15 is 0 Å². The second-order valence-electron chi connectivity index (χ2n) is 9.45. The summed E-state index contributed by atoms with van der Waals surface area (Å²) in [4.78, 5) is 55.1. The number of fused-ring (bicyclic) bond motifs is 5. The van der Waals surface area contributed by atoms with Gasteiger partial charge in [0.15, 0.2) is 0 Å². The predicted octanol–water partition coefficient (Wildman–Crippen LogP) is 4.41. The van der Waals surface area contributed by atoms with Gasteiger partial charge in [0.05, 0.1) is 41.3 Å². The number of methoxy groups -OCH3 is 1. The number of nitrogens with one attached hydrogen (secondary N) is 1. The molecule has 1 N–H and O–H groups in total. The van der Waals surface area contributed by atoms with E-state index in [0.717, 1.165) is 16.0 Å². The maximum Gasteiger partial charge on any atom is 0.269 e. The number of nitro benzene ring substituents is 1. The lowest BCUT2D eigenvalue weighted by atomic mass is 9.84. The number of non-ortho nitro benzene ring substituents is 1. The van der Waals surface area contributed by atoms with Crippen LogP contribution in [-0.4, -0.2) is 40.7 Å². The minimum Gasteiger partial charge on any atom is -0.495 e. The van der Waals surface area contributed by atoms with Crippen molar-refractivity contribution in [3.8, 4) is 5.75 Å². The molecule has 0 unspecified atom stereocenters. The molecule has 11 heteroatoms. The molecule has 0 aromatic heterocycles. The first kappa shape index (κ1) is 24.6. The molecule has 3 heterocycles. The number of benzene rings is 3. The average molecular weight is 545 g/mol. The number of anilines is 2. The summed E-state index contributed by atoms with van der Waals surface area (Å²) in [6.07, 6.45) is 3.61. The molecule has 3 aliphatic heterocycles. The van der Waals surface area contributed by atoms with Crippen molar-refractivity contribution in [2.45, 2.75) is 12.1 Å². The van der Waals surface area contributed by atoms with Crippen LogP contribution >= 0.6 is 11.6 Å². The van der Waals surface area contributed by atoms with Gasteiger partial charge in [-0.3, -0.25) is 24.5 Å². The highest BCUT2D eigenvalue weighted by Crippen LogP contribution is 2.53. The van der Waals surface area contributed by atoms with E-state index in [1.54, 1.807) is 29.3 Å². The highest BCUT2D eigenvalue weighted by Gasteiger charge is 2.64. The average Bonchev–Trinajstić information content (AvgIpc) is 3.41. The molecule has 3 aromatic carbocycles. The van der Waals surface area contributed by atoms with Crippen LogP contribution in [0.4, 0.5) is 17.1 Å². The predicted molar refractivity (Wildman–Crippen MR) is 143 cm³/mol. The van der Waals surface area contributed by atoms with E-state index < -0.39 is 46.6 Å². The molecule has 196 valence electrons. The zero-order valence-corrected chi connectivity index (χ0v) is 21.2. The third-order valence-corrected chi connectivity index (χ3v) is 7.70. The molecule has 3 aliphatic rings. The number of amides is 3. The van der Waals surface area contributed by atoms with Gasteiger partial charge in [0.2, 0.25) is 17.7 Å². The van der Waals surface area contributed by atoms with Gasteiger partial charge in [-0.2, -0.15) is 0 Å². The molecule has 2 saturated heterocycles. The number of halogens is 1. The smallest absolute Gasteiger partial charge is 0.269 e. The van der Waals surface area contributed by atoms with Gasteiger partial charge < -0.3 is 15.0 Å². The maximum atomic E-state index is 13.9. The lowest BCUT2D eigenvalue weighted by Crippen LogP contribution is -2.46. The van der Waals surface area contributed by atoms with Crippen LogP contribution in [0, 0.1) is 22.0 Å². The van der Waals surface area contributed by atoms with Crippen molar-refractivity contribution in [3.05, 3.63) is 99.2 Å². The third kappa shape index (κ3) is 3.83. The molecule has 3 aromatic rings. The molecule has 0 spiro atoms. The summed E-state index contributed by atoms with van der Waals surface area (Å²) >= 11 is 6.16. The van der Waals surface area contributed by atoms with E-state index in [1.165, 1.54) is 31.4 Å². The zero-order valence-electron chi connectivity index (χ0n) is 20.5. The van der Waals surface area contributed by atoms with Crippen LogP contribution < -0.4 is 15.0 Å². The van der Waals surface area contributed by atoms with E-state index in [1.807, 2.05) is 30.3 Å². The highest BCUT2D eigenvalue weighted by atomic mass is 35.5. The summed E-state index contributed by atoms with van der Waals surface area (Å²) < 4.78 is 5.36. The summed E-state index contributed by atoms with van der Waals surface area (Å²) in [7, 11) is 1.46. The number of hydrogen-bond donors (Lipinski definition) is 1. The van der Waals surface area contributed by atoms with E-state index in [-0.39, 0.29) is 11.4 Å². The summed E-state index contributed by atoms with van der Waals surface area (Å²) in [6.45, 7) is 0. The van der Waals surface area contributed by atoms with Crippen molar-refractivity contribution in [1.29, 1.82) is 0 Å². The molecule has 0 bridgehead atoms. The molecule has 39 heavy (non-hydrogen) atoms. The van der Waals surface area contributed by atoms with Gasteiger partial charge in [0.25, 0.3) is 5.69 Å². The van der Waals surface area contributed by atoms with Crippen LogP contribution in [0.5, 0.6) is 5.75 Å². The monoisotopic (exact) mass is 544 g/mol. The molecule has 2 fully saturated rings. The summed E-state index contributed by atoms with van der Waals surface area (Å²) in [5.74, 6) is -2.97. The molecule has 0 saturated carbocycles. The Balaban J connectivity index is 1.43. The van der Waals surface area contributed by atoms with Crippen molar-refractivity contribution in [2.24, 2.45) is 11.8 Å². The fraction of sp³-hybridized carbons (Fsp3) is 0.179. The number of hydrogen-bond acceptors (Lipinski definition) is 7. The SMILES string of the molecule is COc1ccc(Cl)cc1NC(=O)[C@@H]1[C@@H]2C(=O)N(c3ccc([N+](=O)[O-])cc3)C(=O)[C@H]2[C@@H]2c3ccccc3C=CN12. The summed E-state index contributed by atoms with van der Waals surface area (Å²) in [5, 5.41) is 14.3. The number of nitro groups is 1. The second-order valence-corrected chi connectivity index (χ2v) is 9.89. The van der Waals surface area contributed by atoms with E-state index in [4.69, 9.17) is 16.3 Å². The van der Waals surface area contributed by atoms with Gasteiger partial charge in [-0.1, -0.05) is 35.9 Å². The van der Waals surface area contributed by atoms with Crippen LogP contribution in [-0.2, 0) is 14.4 Å². The maximum absolute atomic E-state index is 13.9. The first-order valence-electron chi connectivity index (χ1n) is 12.1. The van der Waals surface area contributed by atoms with Crippen LogP contribution in [0.3, 0.4) is 0 Å². The highest BCUT2D eigenvalue weighted by molar-refractivity contribution is 6.31. The van der Waals surface area contributed by atoms with Gasteiger partial charge in [0, 0.05) is 23.4 Å².